The number of para-hydroxylation sites is 1. The van der Waals surface area contributed by atoms with Crippen LogP contribution < -0.4 is 10.1 Å². The highest BCUT2D eigenvalue weighted by atomic mass is 32.1. The van der Waals surface area contributed by atoms with E-state index < -0.39 is 0 Å². The van der Waals surface area contributed by atoms with Crippen molar-refractivity contribution in [1.82, 2.24) is 5.32 Å². The smallest absolute Gasteiger partial charge is 0.123 e. The summed E-state index contributed by atoms with van der Waals surface area (Å²) in [5.41, 5.74) is 1.34. The Morgan fingerprint density at radius 1 is 1.30 bits per heavy atom. The number of thiophene rings is 1. The van der Waals surface area contributed by atoms with Crippen molar-refractivity contribution in [1.29, 1.82) is 0 Å². The van der Waals surface area contributed by atoms with Crippen LogP contribution in [0.2, 0.25) is 0 Å². The Kier molecular flexibility index (Phi) is 4.38. The molecule has 2 unspecified atom stereocenters. The van der Waals surface area contributed by atoms with Crippen molar-refractivity contribution in [2.45, 2.75) is 38.3 Å². The van der Waals surface area contributed by atoms with Gasteiger partial charge in [0.15, 0.2) is 0 Å². The van der Waals surface area contributed by atoms with Crippen LogP contribution in [0.5, 0.6) is 5.75 Å². The number of fused-ring (bicyclic) bond motifs is 1. The Balaban J connectivity index is 1.63. The molecule has 0 bridgehead atoms. The van der Waals surface area contributed by atoms with Crippen molar-refractivity contribution in [3.05, 3.63) is 52.2 Å². The van der Waals surface area contributed by atoms with Gasteiger partial charge in [0.1, 0.15) is 11.9 Å². The van der Waals surface area contributed by atoms with Crippen LogP contribution in [0.25, 0.3) is 0 Å². The molecule has 3 rings (SSSR count). The predicted molar refractivity (Wildman–Crippen MR) is 84.7 cm³/mol. The molecule has 2 aromatic rings. The lowest BCUT2D eigenvalue weighted by Gasteiger charge is -2.24. The third-order valence-corrected chi connectivity index (χ3v) is 4.81. The van der Waals surface area contributed by atoms with Gasteiger partial charge in [0.2, 0.25) is 0 Å². The summed E-state index contributed by atoms with van der Waals surface area (Å²) < 4.78 is 6.13. The highest BCUT2D eigenvalue weighted by molar-refractivity contribution is 7.09. The van der Waals surface area contributed by atoms with Crippen molar-refractivity contribution in [2.24, 2.45) is 0 Å². The largest absolute Gasteiger partial charge is 0.488 e. The summed E-state index contributed by atoms with van der Waals surface area (Å²) in [4.78, 5) is 1.46. The van der Waals surface area contributed by atoms with Crippen LogP contribution >= 0.6 is 11.3 Å². The molecule has 1 aliphatic heterocycles. The molecule has 3 heteroatoms. The van der Waals surface area contributed by atoms with E-state index in [1.54, 1.807) is 0 Å². The maximum Gasteiger partial charge on any atom is 0.123 e. The molecular formula is C17H21NOS. The third-order valence-electron chi connectivity index (χ3n) is 3.87. The fourth-order valence-electron chi connectivity index (χ4n) is 2.87. The molecule has 0 spiro atoms. The fraction of sp³-hybridized carbons (Fsp3) is 0.412. The molecule has 2 heterocycles. The molecule has 20 heavy (non-hydrogen) atoms. The monoisotopic (exact) mass is 287 g/mol. The quantitative estimate of drug-likeness (QED) is 0.875. The SMILES string of the molecule is CCNC(CCc1cccs1)C1Cc2ccccc2O1. The molecule has 106 valence electrons. The Morgan fingerprint density at radius 2 is 2.20 bits per heavy atom. The molecule has 0 aliphatic carbocycles. The highest BCUT2D eigenvalue weighted by Gasteiger charge is 2.29. The zero-order valence-electron chi connectivity index (χ0n) is 11.8. The van der Waals surface area contributed by atoms with Crippen molar-refractivity contribution >= 4 is 11.3 Å². The average molecular weight is 287 g/mol. The topological polar surface area (TPSA) is 21.3 Å². The van der Waals surface area contributed by atoms with E-state index in [1.807, 2.05) is 11.3 Å². The van der Waals surface area contributed by atoms with Crippen LogP contribution in [-0.2, 0) is 12.8 Å². The number of hydrogen-bond donors (Lipinski definition) is 1. The Hall–Kier alpha value is -1.32. The van der Waals surface area contributed by atoms with Gasteiger partial charge in [0, 0.05) is 17.3 Å². The van der Waals surface area contributed by atoms with E-state index in [9.17, 15) is 0 Å². The summed E-state index contributed by atoms with van der Waals surface area (Å²) in [5, 5.41) is 5.75. The number of ether oxygens (including phenoxy) is 1. The van der Waals surface area contributed by atoms with Crippen molar-refractivity contribution < 1.29 is 4.74 Å². The summed E-state index contributed by atoms with van der Waals surface area (Å²) in [6.45, 7) is 3.16. The molecule has 1 aliphatic rings. The van der Waals surface area contributed by atoms with Crippen LogP contribution in [0, 0.1) is 0 Å². The van der Waals surface area contributed by atoms with Crippen LogP contribution in [0.1, 0.15) is 23.8 Å². The number of aryl methyl sites for hydroxylation is 1. The lowest BCUT2D eigenvalue weighted by Crippen LogP contribution is -2.42. The summed E-state index contributed by atoms with van der Waals surface area (Å²) >= 11 is 1.84. The second-order valence-corrected chi connectivity index (χ2v) is 6.28. The van der Waals surface area contributed by atoms with E-state index in [4.69, 9.17) is 4.74 Å². The molecule has 0 radical (unpaired) electrons. The summed E-state index contributed by atoms with van der Waals surface area (Å²) in [5.74, 6) is 1.07. The zero-order chi connectivity index (χ0) is 13.8. The van der Waals surface area contributed by atoms with Gasteiger partial charge in [-0.3, -0.25) is 0 Å². The Morgan fingerprint density at radius 3 is 2.95 bits per heavy atom. The van der Waals surface area contributed by atoms with Gasteiger partial charge in [0.25, 0.3) is 0 Å². The third kappa shape index (κ3) is 3.05. The summed E-state index contributed by atoms with van der Waals surface area (Å²) in [6, 6.07) is 13.2. The van der Waals surface area contributed by atoms with Gasteiger partial charge in [-0.2, -0.15) is 0 Å². The minimum atomic E-state index is 0.271. The summed E-state index contributed by atoms with van der Waals surface area (Å²) in [6.07, 6.45) is 3.56. The molecule has 0 saturated heterocycles. The first-order valence-electron chi connectivity index (χ1n) is 7.37. The molecule has 0 saturated carbocycles. The molecular weight excluding hydrogens is 266 g/mol. The second kappa shape index (κ2) is 6.42. The number of nitrogens with one attached hydrogen (secondary N) is 1. The maximum absolute atomic E-state index is 6.13. The molecule has 1 aromatic heterocycles. The van der Waals surface area contributed by atoms with Crippen molar-refractivity contribution in [2.75, 3.05) is 6.54 Å². The minimum absolute atomic E-state index is 0.271. The molecule has 0 fully saturated rings. The van der Waals surface area contributed by atoms with Crippen LogP contribution in [0.15, 0.2) is 41.8 Å². The van der Waals surface area contributed by atoms with E-state index in [1.165, 1.54) is 10.4 Å². The number of rotatable bonds is 6. The minimum Gasteiger partial charge on any atom is -0.488 e. The molecule has 1 aromatic carbocycles. The van der Waals surface area contributed by atoms with E-state index in [0.717, 1.165) is 31.6 Å². The lowest BCUT2D eigenvalue weighted by molar-refractivity contribution is 0.173. The number of benzene rings is 1. The fourth-order valence-corrected chi connectivity index (χ4v) is 3.59. The van der Waals surface area contributed by atoms with Gasteiger partial charge < -0.3 is 10.1 Å². The zero-order valence-corrected chi connectivity index (χ0v) is 12.7. The maximum atomic E-state index is 6.13. The molecule has 1 N–H and O–H groups in total. The lowest BCUT2D eigenvalue weighted by atomic mass is 10.00. The van der Waals surface area contributed by atoms with E-state index >= 15 is 0 Å². The highest BCUT2D eigenvalue weighted by Crippen LogP contribution is 2.30. The first-order valence-corrected chi connectivity index (χ1v) is 8.25. The first kappa shape index (κ1) is 13.7. The van der Waals surface area contributed by atoms with Gasteiger partial charge in [-0.15, -0.1) is 11.3 Å². The van der Waals surface area contributed by atoms with Crippen molar-refractivity contribution in [3.63, 3.8) is 0 Å². The normalized spacial score (nSPS) is 18.6. The van der Waals surface area contributed by atoms with Crippen LogP contribution in [-0.4, -0.2) is 18.7 Å². The Bertz CT molecular complexity index is 513. The van der Waals surface area contributed by atoms with Gasteiger partial charge in [-0.05, 0) is 42.5 Å². The van der Waals surface area contributed by atoms with E-state index in [0.29, 0.717) is 6.04 Å². The molecule has 2 nitrogen and oxygen atoms in total. The van der Waals surface area contributed by atoms with E-state index in [2.05, 4.69) is 54.0 Å². The van der Waals surface area contributed by atoms with Gasteiger partial charge in [0.05, 0.1) is 0 Å². The van der Waals surface area contributed by atoms with Gasteiger partial charge >= 0.3 is 0 Å². The molecule has 2 atom stereocenters. The van der Waals surface area contributed by atoms with Gasteiger partial charge in [-0.25, -0.2) is 0 Å². The average Bonchev–Trinajstić information content (AvgIpc) is 3.12. The van der Waals surface area contributed by atoms with E-state index in [-0.39, 0.29) is 6.10 Å². The first-order chi connectivity index (χ1) is 9.86. The number of hydrogen-bond acceptors (Lipinski definition) is 3. The predicted octanol–water partition coefficient (Wildman–Crippen LogP) is 3.66. The summed E-state index contributed by atoms with van der Waals surface area (Å²) in [7, 11) is 0. The second-order valence-electron chi connectivity index (χ2n) is 5.25. The molecule has 0 amide bonds. The van der Waals surface area contributed by atoms with Crippen LogP contribution in [0.4, 0.5) is 0 Å². The standard InChI is InChI=1S/C17H21NOS/c1-2-18-15(10-9-14-7-5-11-20-14)17-12-13-6-3-4-8-16(13)19-17/h3-8,11,15,17-18H,2,9-10,12H2,1H3. The van der Waals surface area contributed by atoms with Gasteiger partial charge in [-0.1, -0.05) is 31.2 Å². The Labute approximate surface area is 124 Å². The van der Waals surface area contributed by atoms with Crippen molar-refractivity contribution in [3.8, 4) is 5.75 Å². The van der Waals surface area contributed by atoms with Crippen LogP contribution in [0.3, 0.4) is 0 Å². The number of likely N-dealkylation sites (N-methyl/N-ethyl adjacent to an activating group) is 1.